The molecule has 0 saturated heterocycles. The molecule has 2 heteroatoms. The van der Waals surface area contributed by atoms with Gasteiger partial charge in [0.15, 0.2) is 0 Å². The molecule has 2 nitrogen and oxygen atoms in total. The van der Waals surface area contributed by atoms with Crippen LogP contribution in [0.3, 0.4) is 0 Å². The third-order valence-corrected chi connectivity index (χ3v) is 3.42. The van der Waals surface area contributed by atoms with Crippen molar-refractivity contribution in [3.8, 4) is 5.75 Å². The highest BCUT2D eigenvalue weighted by atomic mass is 16.3. The van der Waals surface area contributed by atoms with Gasteiger partial charge < -0.3 is 10.4 Å². The fourth-order valence-electron chi connectivity index (χ4n) is 2.46. The third-order valence-electron chi connectivity index (χ3n) is 3.42. The summed E-state index contributed by atoms with van der Waals surface area (Å²) in [6.07, 6.45) is 0. The second-order valence-electron chi connectivity index (χ2n) is 6.26. The van der Waals surface area contributed by atoms with Crippen molar-refractivity contribution in [2.24, 2.45) is 5.41 Å². The van der Waals surface area contributed by atoms with Crippen molar-refractivity contribution in [1.29, 1.82) is 0 Å². The van der Waals surface area contributed by atoms with Crippen LogP contribution in [0.15, 0.2) is 54.6 Å². The molecule has 1 atom stereocenters. The van der Waals surface area contributed by atoms with Crippen molar-refractivity contribution in [2.45, 2.75) is 33.4 Å². The number of nitrogens with one attached hydrogen (secondary N) is 1. The highest BCUT2D eigenvalue weighted by molar-refractivity contribution is 5.27. The topological polar surface area (TPSA) is 32.3 Å². The van der Waals surface area contributed by atoms with Crippen molar-refractivity contribution in [3.63, 3.8) is 0 Å². The molecular weight excluding hydrogens is 246 g/mol. The fourth-order valence-corrected chi connectivity index (χ4v) is 2.46. The Labute approximate surface area is 121 Å². The fraction of sp³-hybridized carbons (Fsp3) is 0.333. The summed E-state index contributed by atoms with van der Waals surface area (Å²) < 4.78 is 0. The van der Waals surface area contributed by atoms with Gasteiger partial charge in [-0.05, 0) is 28.7 Å². The Balaban J connectivity index is 2.14. The molecule has 2 rings (SSSR count). The summed E-state index contributed by atoms with van der Waals surface area (Å²) in [5.74, 6) is 0.316. The molecule has 0 amide bonds. The van der Waals surface area contributed by atoms with Gasteiger partial charge in [0.25, 0.3) is 0 Å². The Morgan fingerprint density at radius 3 is 2.30 bits per heavy atom. The number of rotatable bonds is 4. The zero-order valence-electron chi connectivity index (χ0n) is 12.4. The van der Waals surface area contributed by atoms with Crippen LogP contribution in [0.4, 0.5) is 0 Å². The summed E-state index contributed by atoms with van der Waals surface area (Å²) in [6.45, 7) is 7.45. The predicted octanol–water partition coefficient (Wildman–Crippen LogP) is 4.27. The van der Waals surface area contributed by atoms with Crippen LogP contribution >= 0.6 is 0 Å². The van der Waals surface area contributed by atoms with Crippen LogP contribution in [-0.4, -0.2) is 5.11 Å². The molecule has 0 saturated carbocycles. The van der Waals surface area contributed by atoms with E-state index in [4.69, 9.17) is 0 Å². The Kier molecular flexibility index (Phi) is 4.46. The van der Waals surface area contributed by atoms with Gasteiger partial charge >= 0.3 is 0 Å². The number of phenols is 1. The molecule has 2 aromatic rings. The second kappa shape index (κ2) is 6.10. The lowest BCUT2D eigenvalue weighted by atomic mass is 9.82. The standard InChI is InChI=1S/C18H23NO/c1-18(2,3)17(15-9-5-4-6-10-15)19-13-14-8-7-11-16(20)12-14/h4-12,17,19-20H,13H2,1-3H3. The van der Waals surface area contributed by atoms with Gasteiger partial charge in [0, 0.05) is 12.6 Å². The smallest absolute Gasteiger partial charge is 0.115 e. The maximum atomic E-state index is 9.53. The largest absolute Gasteiger partial charge is 0.508 e. The first-order valence-electron chi connectivity index (χ1n) is 7.03. The molecule has 0 bridgehead atoms. The molecule has 0 spiro atoms. The summed E-state index contributed by atoms with van der Waals surface area (Å²) in [5, 5.41) is 13.1. The summed E-state index contributed by atoms with van der Waals surface area (Å²) >= 11 is 0. The van der Waals surface area contributed by atoms with Crippen molar-refractivity contribution >= 4 is 0 Å². The summed E-state index contributed by atoms with van der Waals surface area (Å²) in [7, 11) is 0. The van der Waals surface area contributed by atoms with Crippen LogP contribution in [0.5, 0.6) is 5.75 Å². The Bertz CT molecular complexity index is 543. The maximum Gasteiger partial charge on any atom is 0.115 e. The number of phenolic OH excluding ortho intramolecular Hbond substituents is 1. The highest BCUT2D eigenvalue weighted by Crippen LogP contribution is 2.32. The van der Waals surface area contributed by atoms with Gasteiger partial charge in [0.05, 0.1) is 0 Å². The van der Waals surface area contributed by atoms with Crippen molar-refractivity contribution in [1.82, 2.24) is 5.32 Å². The third kappa shape index (κ3) is 3.84. The van der Waals surface area contributed by atoms with Crippen LogP contribution in [0.25, 0.3) is 0 Å². The molecule has 1 unspecified atom stereocenters. The van der Waals surface area contributed by atoms with E-state index in [9.17, 15) is 5.11 Å². The Hall–Kier alpha value is -1.80. The summed E-state index contributed by atoms with van der Waals surface area (Å²) in [6, 6.07) is 18.2. The van der Waals surface area contributed by atoms with Crippen LogP contribution in [0, 0.1) is 5.41 Å². The lowest BCUT2D eigenvalue weighted by Gasteiger charge is -2.32. The van der Waals surface area contributed by atoms with Crippen molar-refractivity contribution in [3.05, 3.63) is 65.7 Å². The van der Waals surface area contributed by atoms with Gasteiger partial charge in [-0.25, -0.2) is 0 Å². The van der Waals surface area contributed by atoms with Crippen molar-refractivity contribution < 1.29 is 5.11 Å². The highest BCUT2D eigenvalue weighted by Gasteiger charge is 2.25. The minimum atomic E-state index is 0.123. The molecule has 0 aliphatic carbocycles. The molecular formula is C18H23NO. The molecule has 0 radical (unpaired) electrons. The molecule has 0 aromatic heterocycles. The molecule has 2 aromatic carbocycles. The van der Waals surface area contributed by atoms with Crippen molar-refractivity contribution in [2.75, 3.05) is 0 Å². The van der Waals surface area contributed by atoms with Gasteiger partial charge in [-0.2, -0.15) is 0 Å². The average Bonchev–Trinajstić information content (AvgIpc) is 2.39. The molecule has 0 heterocycles. The monoisotopic (exact) mass is 269 g/mol. The van der Waals surface area contributed by atoms with E-state index in [1.54, 1.807) is 12.1 Å². The number of benzene rings is 2. The molecule has 106 valence electrons. The normalized spacial score (nSPS) is 13.2. The molecule has 2 N–H and O–H groups in total. The lowest BCUT2D eigenvalue weighted by molar-refractivity contribution is 0.271. The first-order valence-corrected chi connectivity index (χ1v) is 7.03. The van der Waals surface area contributed by atoms with E-state index in [1.165, 1.54) is 5.56 Å². The zero-order valence-corrected chi connectivity index (χ0v) is 12.4. The van der Waals surface area contributed by atoms with Crippen LogP contribution in [0.1, 0.15) is 37.9 Å². The lowest BCUT2D eigenvalue weighted by Crippen LogP contribution is -2.32. The predicted molar refractivity (Wildman–Crippen MR) is 83.6 cm³/mol. The van der Waals surface area contributed by atoms with Crippen LogP contribution in [0.2, 0.25) is 0 Å². The molecule has 0 aliphatic rings. The van der Waals surface area contributed by atoms with E-state index in [0.717, 1.165) is 12.1 Å². The Morgan fingerprint density at radius 1 is 1.00 bits per heavy atom. The van der Waals surface area contributed by atoms with E-state index in [0.29, 0.717) is 5.75 Å². The van der Waals surface area contributed by atoms with E-state index >= 15 is 0 Å². The van der Waals surface area contributed by atoms with E-state index in [-0.39, 0.29) is 11.5 Å². The SMILES string of the molecule is CC(C)(C)C(NCc1cccc(O)c1)c1ccccc1. The van der Waals surface area contributed by atoms with Gasteiger partial charge in [0.1, 0.15) is 5.75 Å². The first kappa shape index (κ1) is 14.6. The maximum absolute atomic E-state index is 9.53. The van der Waals surface area contributed by atoms with Gasteiger partial charge in [0.2, 0.25) is 0 Å². The van der Waals surface area contributed by atoms with Crippen LogP contribution in [-0.2, 0) is 6.54 Å². The summed E-state index contributed by atoms with van der Waals surface area (Å²) in [4.78, 5) is 0. The minimum absolute atomic E-state index is 0.123. The molecule has 20 heavy (non-hydrogen) atoms. The number of aromatic hydroxyl groups is 1. The quantitative estimate of drug-likeness (QED) is 0.868. The Morgan fingerprint density at radius 2 is 1.70 bits per heavy atom. The van der Waals surface area contributed by atoms with Gasteiger partial charge in [-0.1, -0.05) is 63.2 Å². The van der Waals surface area contributed by atoms with E-state index in [2.05, 4.69) is 50.4 Å². The molecule has 0 aliphatic heterocycles. The second-order valence-corrected chi connectivity index (χ2v) is 6.26. The number of hydrogen-bond acceptors (Lipinski definition) is 2. The average molecular weight is 269 g/mol. The van der Waals surface area contributed by atoms with E-state index in [1.807, 2.05) is 18.2 Å². The molecule has 0 fully saturated rings. The first-order chi connectivity index (χ1) is 9.47. The number of hydrogen-bond donors (Lipinski definition) is 2. The summed E-state index contributed by atoms with van der Waals surface area (Å²) in [5.41, 5.74) is 2.51. The minimum Gasteiger partial charge on any atom is -0.508 e. The van der Waals surface area contributed by atoms with E-state index < -0.39 is 0 Å². The zero-order chi connectivity index (χ0) is 14.6. The van der Waals surface area contributed by atoms with Gasteiger partial charge in [-0.15, -0.1) is 0 Å². The van der Waals surface area contributed by atoms with Gasteiger partial charge in [-0.3, -0.25) is 0 Å². The van der Waals surface area contributed by atoms with Crippen LogP contribution < -0.4 is 5.32 Å².